The number of alkyl halides is 1. The van der Waals surface area contributed by atoms with E-state index in [1.54, 1.807) is 33.7 Å². The summed E-state index contributed by atoms with van der Waals surface area (Å²) in [6.07, 6.45) is 8.36. The lowest BCUT2D eigenvalue weighted by Crippen LogP contribution is -2.56. The third-order valence-electron chi connectivity index (χ3n) is 8.42. The van der Waals surface area contributed by atoms with Crippen molar-refractivity contribution < 1.29 is 24.2 Å². The van der Waals surface area contributed by atoms with E-state index in [-0.39, 0.29) is 41.1 Å². The van der Waals surface area contributed by atoms with Gasteiger partial charge in [0.05, 0.1) is 35.8 Å². The normalized spacial score (nSPS) is 29.2. The molecule has 40 heavy (non-hydrogen) atoms. The Bertz CT molecular complexity index is 1090. The minimum Gasteiger partial charge on any atom is -0.465 e. The number of nitrogens with zero attached hydrogens (tertiary/aromatic N) is 2. The fourth-order valence-electron chi connectivity index (χ4n) is 6.65. The highest BCUT2D eigenvalue weighted by molar-refractivity contribution is 9.09. The van der Waals surface area contributed by atoms with Crippen LogP contribution in [0.2, 0.25) is 0 Å². The number of hydrogen-bond acceptors (Lipinski definition) is 6. The van der Waals surface area contributed by atoms with Crippen LogP contribution in [0.3, 0.4) is 0 Å². The fourth-order valence-corrected chi connectivity index (χ4v) is 10.2. The zero-order valence-electron chi connectivity index (χ0n) is 23.3. The molecule has 218 valence electrons. The minimum atomic E-state index is -0.822. The molecule has 7 atom stereocenters. The molecule has 3 aliphatic heterocycles. The van der Waals surface area contributed by atoms with E-state index in [2.05, 4.69) is 36.0 Å². The number of allylic oxidation sites excluding steroid dienone is 1. The van der Waals surface area contributed by atoms with Gasteiger partial charge in [-0.2, -0.15) is 0 Å². The Balaban J connectivity index is 1.76. The van der Waals surface area contributed by atoms with E-state index in [0.717, 1.165) is 31.2 Å². The zero-order valence-corrected chi connectivity index (χ0v) is 25.7. The molecular weight excluding hydrogens is 592 g/mol. The first kappa shape index (κ1) is 30.8. The second-order valence-corrected chi connectivity index (χ2v) is 13.6. The van der Waals surface area contributed by atoms with E-state index < -0.39 is 28.7 Å². The SMILES string of the molecule is C=CCCCOC(=O)[C@H]1[C@H]2C(=O)N([C@H](CO)c3ccccc3)C(C(=O)N(CC=C)CCCCC)C23CC(Br)[C@@H]1S3. The Hall–Kier alpha value is -2.10. The Kier molecular flexibility index (Phi) is 10.6. The maximum Gasteiger partial charge on any atom is 0.310 e. The molecule has 1 aromatic rings. The molecule has 7 nitrogen and oxygen atoms in total. The van der Waals surface area contributed by atoms with Gasteiger partial charge in [0.15, 0.2) is 0 Å². The Labute approximate surface area is 250 Å². The summed E-state index contributed by atoms with van der Waals surface area (Å²) in [6.45, 7) is 10.6. The second-order valence-electron chi connectivity index (χ2n) is 10.9. The number of rotatable bonds is 15. The summed E-state index contributed by atoms with van der Waals surface area (Å²) in [5, 5.41) is 10.5. The number of thioether (sulfide) groups is 1. The van der Waals surface area contributed by atoms with Gasteiger partial charge in [-0.25, -0.2) is 0 Å². The molecule has 1 N–H and O–H groups in total. The molecule has 0 aliphatic carbocycles. The van der Waals surface area contributed by atoms with Crippen molar-refractivity contribution in [3.05, 3.63) is 61.2 Å². The molecule has 3 fully saturated rings. The lowest BCUT2D eigenvalue weighted by molar-refractivity contribution is -0.154. The minimum absolute atomic E-state index is 0.0419. The number of esters is 1. The third-order valence-corrected chi connectivity index (χ3v) is 11.6. The Morgan fingerprint density at radius 3 is 2.65 bits per heavy atom. The summed E-state index contributed by atoms with van der Waals surface area (Å²) >= 11 is 5.39. The van der Waals surface area contributed by atoms with Crippen LogP contribution in [0.5, 0.6) is 0 Å². The van der Waals surface area contributed by atoms with Crippen LogP contribution in [-0.2, 0) is 19.1 Å². The van der Waals surface area contributed by atoms with Gasteiger partial charge in [0, 0.05) is 23.2 Å². The quantitative estimate of drug-likeness (QED) is 0.128. The summed E-state index contributed by atoms with van der Waals surface area (Å²) in [4.78, 5) is 45.9. The van der Waals surface area contributed by atoms with Crippen LogP contribution in [0.1, 0.15) is 57.1 Å². The molecule has 2 bridgehead atoms. The molecular formula is C31H41BrN2O5S. The van der Waals surface area contributed by atoms with Crippen molar-refractivity contribution in [2.45, 2.75) is 72.4 Å². The number of ether oxygens (including phenoxy) is 1. The first-order chi connectivity index (χ1) is 19.4. The highest BCUT2D eigenvalue weighted by Crippen LogP contribution is 2.68. The van der Waals surface area contributed by atoms with Gasteiger partial charge < -0.3 is 19.6 Å². The monoisotopic (exact) mass is 632 g/mol. The number of likely N-dealkylation sites (tertiary alicyclic amines) is 1. The number of fused-ring (bicyclic) bond motifs is 1. The van der Waals surface area contributed by atoms with Crippen LogP contribution in [0.25, 0.3) is 0 Å². The Morgan fingerprint density at radius 2 is 2.00 bits per heavy atom. The number of aliphatic hydroxyl groups excluding tert-OH is 1. The number of aliphatic hydroxyl groups is 1. The Morgan fingerprint density at radius 1 is 1.25 bits per heavy atom. The van der Waals surface area contributed by atoms with Crippen LogP contribution in [-0.4, -0.2) is 79.9 Å². The number of unbranched alkanes of at least 4 members (excludes halogenated alkanes) is 3. The standard InChI is InChI=1S/C31H41BrN2O5S/c1-4-7-12-17-33(16-6-3)29(37)27-31-19-22(32)26(40-31)24(30(38)39-18-13-8-5-2)25(31)28(36)34(27)23(20-35)21-14-10-9-11-15-21/h5-6,9-11,14-15,22-27,35H,2-4,7-8,12-13,16-20H2,1H3/t22?,23-,24+,25+,26+,27?,31?/m1/s1. The van der Waals surface area contributed by atoms with Crippen molar-refractivity contribution in [2.75, 3.05) is 26.3 Å². The van der Waals surface area contributed by atoms with E-state index in [1.165, 1.54) is 0 Å². The number of hydrogen-bond donors (Lipinski definition) is 1. The van der Waals surface area contributed by atoms with E-state index >= 15 is 0 Å². The molecule has 3 unspecified atom stereocenters. The first-order valence-corrected chi connectivity index (χ1v) is 16.1. The van der Waals surface area contributed by atoms with Crippen molar-refractivity contribution in [2.24, 2.45) is 11.8 Å². The highest BCUT2D eigenvalue weighted by atomic mass is 79.9. The number of carbonyl (C=O) groups excluding carboxylic acids is 3. The molecule has 0 aromatic heterocycles. The van der Waals surface area contributed by atoms with Crippen LogP contribution in [0.15, 0.2) is 55.6 Å². The molecule has 0 saturated carbocycles. The fraction of sp³-hybridized carbons (Fsp3) is 0.581. The summed E-state index contributed by atoms with van der Waals surface area (Å²) in [5.74, 6) is -2.14. The second kappa shape index (κ2) is 13.7. The molecule has 1 spiro atoms. The van der Waals surface area contributed by atoms with Crippen molar-refractivity contribution in [1.82, 2.24) is 9.80 Å². The average Bonchev–Trinajstić information content (AvgIpc) is 3.55. The van der Waals surface area contributed by atoms with E-state index in [1.807, 2.05) is 30.3 Å². The molecule has 3 aliphatic rings. The van der Waals surface area contributed by atoms with Crippen molar-refractivity contribution in [3.63, 3.8) is 0 Å². The summed E-state index contributed by atoms with van der Waals surface area (Å²) < 4.78 is 4.89. The zero-order chi connectivity index (χ0) is 28.9. The largest absolute Gasteiger partial charge is 0.465 e. The smallest absolute Gasteiger partial charge is 0.310 e. The molecule has 9 heteroatoms. The first-order valence-electron chi connectivity index (χ1n) is 14.3. The number of amides is 2. The summed E-state index contributed by atoms with van der Waals surface area (Å²) in [5.41, 5.74) is 0.757. The van der Waals surface area contributed by atoms with E-state index in [4.69, 9.17) is 4.74 Å². The van der Waals surface area contributed by atoms with Gasteiger partial charge in [0.1, 0.15) is 6.04 Å². The predicted molar refractivity (Wildman–Crippen MR) is 162 cm³/mol. The van der Waals surface area contributed by atoms with Crippen LogP contribution >= 0.6 is 27.7 Å². The van der Waals surface area contributed by atoms with Gasteiger partial charge in [-0.1, -0.05) is 78.2 Å². The average molecular weight is 634 g/mol. The molecule has 0 radical (unpaired) electrons. The van der Waals surface area contributed by atoms with Crippen molar-refractivity contribution in [1.29, 1.82) is 0 Å². The summed E-state index contributed by atoms with van der Waals surface area (Å²) in [7, 11) is 0. The lowest BCUT2D eigenvalue weighted by atomic mass is 9.71. The number of halogens is 1. The topological polar surface area (TPSA) is 87.1 Å². The maximum atomic E-state index is 14.5. The maximum absolute atomic E-state index is 14.5. The van der Waals surface area contributed by atoms with Gasteiger partial charge in [-0.05, 0) is 31.2 Å². The number of carbonyl (C=O) groups is 3. The van der Waals surface area contributed by atoms with Crippen molar-refractivity contribution in [3.8, 4) is 0 Å². The van der Waals surface area contributed by atoms with Gasteiger partial charge in [-0.15, -0.1) is 24.9 Å². The van der Waals surface area contributed by atoms with E-state index in [9.17, 15) is 19.5 Å². The van der Waals surface area contributed by atoms with Crippen LogP contribution in [0, 0.1) is 11.8 Å². The molecule has 1 aromatic carbocycles. The third kappa shape index (κ3) is 5.66. The van der Waals surface area contributed by atoms with Gasteiger partial charge >= 0.3 is 5.97 Å². The lowest BCUT2D eigenvalue weighted by Gasteiger charge is -2.40. The molecule has 3 heterocycles. The van der Waals surface area contributed by atoms with E-state index in [0.29, 0.717) is 25.9 Å². The molecule has 2 amide bonds. The molecule has 3 saturated heterocycles. The summed E-state index contributed by atoms with van der Waals surface area (Å²) in [6, 6.07) is 7.81. The predicted octanol–water partition coefficient (Wildman–Crippen LogP) is 4.90. The highest BCUT2D eigenvalue weighted by Gasteiger charge is 2.76. The van der Waals surface area contributed by atoms with Crippen LogP contribution in [0.4, 0.5) is 0 Å². The number of benzene rings is 1. The van der Waals surface area contributed by atoms with Gasteiger partial charge in [0.25, 0.3) is 0 Å². The van der Waals surface area contributed by atoms with Gasteiger partial charge in [-0.3, -0.25) is 14.4 Å². The van der Waals surface area contributed by atoms with Crippen molar-refractivity contribution >= 4 is 45.5 Å². The van der Waals surface area contributed by atoms with Crippen LogP contribution < -0.4 is 0 Å². The van der Waals surface area contributed by atoms with Gasteiger partial charge in [0.2, 0.25) is 11.8 Å². The molecule has 4 rings (SSSR count).